The third-order valence-corrected chi connectivity index (χ3v) is 4.33. The molecule has 0 atom stereocenters. The molecule has 2 aromatic carbocycles. The monoisotopic (exact) mass is 405 g/mol. The molecule has 0 aliphatic carbocycles. The summed E-state index contributed by atoms with van der Waals surface area (Å²) in [6.07, 6.45) is 0.567. The number of ether oxygens (including phenoxy) is 1. The van der Waals surface area contributed by atoms with E-state index in [0.29, 0.717) is 11.1 Å². The Kier molecular flexibility index (Phi) is 5.07. The van der Waals surface area contributed by atoms with E-state index in [-0.39, 0.29) is 35.0 Å². The maximum atomic E-state index is 14.0. The fraction of sp³-hybridized carbons (Fsp3) is 0.0870. The van der Waals surface area contributed by atoms with Crippen LogP contribution in [0, 0.1) is 12.3 Å². The number of fused-ring (bicyclic) bond motifs is 1. The van der Waals surface area contributed by atoms with Crippen LogP contribution in [0.4, 0.5) is 13.2 Å². The van der Waals surface area contributed by atoms with E-state index in [2.05, 4.69) is 20.9 Å². The molecule has 4 aromatic rings. The SMILES string of the molecule is C#CCOc1nc(-c2ccccc2)nc2nc(-c3ccccc3)cc(C(F)(F)F)c12. The number of nitrogens with zero attached hydrogens (tertiary/aromatic N) is 3. The van der Waals surface area contributed by atoms with Gasteiger partial charge in [0.25, 0.3) is 0 Å². The second-order valence-electron chi connectivity index (χ2n) is 6.33. The first-order valence-electron chi connectivity index (χ1n) is 8.94. The van der Waals surface area contributed by atoms with Gasteiger partial charge in [0.05, 0.1) is 16.6 Å². The lowest BCUT2D eigenvalue weighted by Gasteiger charge is -2.15. The number of hydrogen-bond acceptors (Lipinski definition) is 4. The van der Waals surface area contributed by atoms with E-state index in [9.17, 15) is 13.2 Å². The van der Waals surface area contributed by atoms with Crippen LogP contribution in [0.5, 0.6) is 5.88 Å². The second kappa shape index (κ2) is 7.84. The molecule has 0 amide bonds. The molecule has 0 saturated carbocycles. The van der Waals surface area contributed by atoms with Crippen LogP contribution in [-0.2, 0) is 6.18 Å². The minimum Gasteiger partial charge on any atom is -0.464 e. The van der Waals surface area contributed by atoms with E-state index >= 15 is 0 Å². The summed E-state index contributed by atoms with van der Waals surface area (Å²) in [4.78, 5) is 12.9. The largest absolute Gasteiger partial charge is 0.464 e. The summed E-state index contributed by atoms with van der Waals surface area (Å²) in [6.45, 7) is -0.238. The molecule has 148 valence electrons. The van der Waals surface area contributed by atoms with Crippen molar-refractivity contribution in [2.45, 2.75) is 6.18 Å². The van der Waals surface area contributed by atoms with E-state index < -0.39 is 11.7 Å². The number of terminal acetylenes is 1. The summed E-state index contributed by atoms with van der Waals surface area (Å²) in [5.41, 5.74) is 0.250. The number of halogens is 3. The van der Waals surface area contributed by atoms with Crippen molar-refractivity contribution in [3.63, 3.8) is 0 Å². The van der Waals surface area contributed by atoms with Gasteiger partial charge in [-0.15, -0.1) is 6.42 Å². The molecule has 0 bridgehead atoms. The topological polar surface area (TPSA) is 47.9 Å². The number of aromatic nitrogens is 3. The number of rotatable bonds is 4. The van der Waals surface area contributed by atoms with Crippen LogP contribution >= 0.6 is 0 Å². The van der Waals surface area contributed by atoms with E-state index in [1.54, 1.807) is 54.6 Å². The standard InChI is InChI=1S/C23H14F3N3O/c1-2-13-30-22-19-17(23(24,25)26)14-18(15-9-5-3-6-10-15)27-21(19)28-20(29-22)16-11-7-4-8-12-16/h1,3-12,14H,13H2. The summed E-state index contributed by atoms with van der Waals surface area (Å²) in [5, 5.41) is -0.322. The number of pyridine rings is 1. The van der Waals surface area contributed by atoms with Crippen LogP contribution in [0.25, 0.3) is 33.7 Å². The van der Waals surface area contributed by atoms with Gasteiger partial charge < -0.3 is 4.74 Å². The number of benzene rings is 2. The van der Waals surface area contributed by atoms with Crippen LogP contribution in [0.2, 0.25) is 0 Å². The lowest BCUT2D eigenvalue weighted by atomic mass is 10.1. The summed E-state index contributed by atoms with van der Waals surface area (Å²) >= 11 is 0. The Morgan fingerprint density at radius 3 is 2.10 bits per heavy atom. The molecule has 2 heterocycles. The smallest absolute Gasteiger partial charge is 0.417 e. The van der Waals surface area contributed by atoms with Crippen LogP contribution in [0.1, 0.15) is 5.56 Å². The molecule has 7 heteroatoms. The molecule has 0 aliphatic rings. The number of alkyl halides is 3. The Morgan fingerprint density at radius 2 is 1.50 bits per heavy atom. The zero-order chi connectivity index (χ0) is 21.1. The molecule has 0 fully saturated rings. The Balaban J connectivity index is 2.05. The van der Waals surface area contributed by atoms with Crippen LogP contribution in [0.15, 0.2) is 66.7 Å². The van der Waals surface area contributed by atoms with Gasteiger partial charge in [-0.25, -0.2) is 9.97 Å². The van der Waals surface area contributed by atoms with Gasteiger partial charge in [-0.2, -0.15) is 18.2 Å². The van der Waals surface area contributed by atoms with Crippen LogP contribution < -0.4 is 4.74 Å². The quantitative estimate of drug-likeness (QED) is 0.427. The lowest BCUT2D eigenvalue weighted by Crippen LogP contribution is -2.11. The van der Waals surface area contributed by atoms with Gasteiger partial charge in [-0.05, 0) is 6.07 Å². The highest BCUT2D eigenvalue weighted by Gasteiger charge is 2.36. The van der Waals surface area contributed by atoms with Crippen molar-refractivity contribution in [1.29, 1.82) is 0 Å². The Hall–Kier alpha value is -3.92. The number of hydrogen-bond donors (Lipinski definition) is 0. The first kappa shape index (κ1) is 19.4. The summed E-state index contributed by atoms with van der Waals surface area (Å²) in [6, 6.07) is 18.4. The molecular formula is C23H14F3N3O. The fourth-order valence-electron chi connectivity index (χ4n) is 3.01. The highest BCUT2D eigenvalue weighted by molar-refractivity contribution is 5.88. The van der Waals surface area contributed by atoms with Crippen molar-refractivity contribution < 1.29 is 17.9 Å². The third kappa shape index (κ3) is 3.80. The van der Waals surface area contributed by atoms with Gasteiger partial charge in [0.15, 0.2) is 18.1 Å². The average Bonchev–Trinajstić information content (AvgIpc) is 2.77. The first-order valence-corrected chi connectivity index (χ1v) is 8.94. The van der Waals surface area contributed by atoms with Gasteiger partial charge in [-0.3, -0.25) is 0 Å². The highest BCUT2D eigenvalue weighted by Crippen LogP contribution is 2.40. The third-order valence-electron chi connectivity index (χ3n) is 4.33. The first-order chi connectivity index (χ1) is 14.5. The van der Waals surface area contributed by atoms with Crippen molar-refractivity contribution >= 4 is 11.0 Å². The fourth-order valence-corrected chi connectivity index (χ4v) is 3.01. The van der Waals surface area contributed by atoms with Crippen LogP contribution in [0.3, 0.4) is 0 Å². The summed E-state index contributed by atoms with van der Waals surface area (Å²) < 4.78 is 47.3. The van der Waals surface area contributed by atoms with E-state index in [1.807, 2.05) is 6.07 Å². The van der Waals surface area contributed by atoms with E-state index in [4.69, 9.17) is 11.2 Å². The Bertz CT molecular complexity index is 1230. The summed E-state index contributed by atoms with van der Waals surface area (Å²) in [5.74, 6) is 2.19. The minimum atomic E-state index is -4.67. The van der Waals surface area contributed by atoms with Crippen molar-refractivity contribution in [2.24, 2.45) is 0 Å². The van der Waals surface area contributed by atoms with Gasteiger partial charge in [-0.1, -0.05) is 66.6 Å². The molecular weight excluding hydrogens is 391 g/mol. The predicted molar refractivity (Wildman–Crippen MR) is 108 cm³/mol. The van der Waals surface area contributed by atoms with Gasteiger partial charge in [0.2, 0.25) is 5.88 Å². The molecule has 4 rings (SSSR count). The molecule has 0 radical (unpaired) electrons. The summed E-state index contributed by atoms with van der Waals surface area (Å²) in [7, 11) is 0. The van der Waals surface area contributed by atoms with Gasteiger partial charge >= 0.3 is 6.18 Å². The van der Waals surface area contributed by atoms with Crippen molar-refractivity contribution in [3.8, 4) is 40.9 Å². The molecule has 2 aromatic heterocycles. The van der Waals surface area contributed by atoms with Gasteiger partial charge in [0.1, 0.15) is 0 Å². The molecule has 30 heavy (non-hydrogen) atoms. The minimum absolute atomic E-state index is 0.121. The van der Waals surface area contributed by atoms with Gasteiger partial charge in [0, 0.05) is 11.1 Å². The lowest BCUT2D eigenvalue weighted by molar-refractivity contribution is -0.136. The maximum absolute atomic E-state index is 14.0. The normalized spacial score (nSPS) is 11.3. The van der Waals surface area contributed by atoms with E-state index in [1.165, 1.54) is 0 Å². The van der Waals surface area contributed by atoms with Crippen molar-refractivity contribution in [1.82, 2.24) is 15.0 Å². The predicted octanol–water partition coefficient (Wildman–Crippen LogP) is 5.39. The zero-order valence-corrected chi connectivity index (χ0v) is 15.5. The second-order valence-corrected chi connectivity index (χ2v) is 6.33. The molecule has 0 unspecified atom stereocenters. The zero-order valence-electron chi connectivity index (χ0n) is 15.5. The molecule has 0 spiro atoms. The Morgan fingerprint density at radius 1 is 0.867 bits per heavy atom. The maximum Gasteiger partial charge on any atom is 0.417 e. The Labute approximate surface area is 170 Å². The highest BCUT2D eigenvalue weighted by atomic mass is 19.4. The average molecular weight is 405 g/mol. The molecule has 0 saturated heterocycles. The molecule has 4 nitrogen and oxygen atoms in total. The molecule has 0 N–H and O–H groups in total. The van der Waals surface area contributed by atoms with Crippen molar-refractivity contribution in [3.05, 3.63) is 72.3 Å². The van der Waals surface area contributed by atoms with Crippen molar-refractivity contribution in [2.75, 3.05) is 6.61 Å². The molecule has 0 aliphatic heterocycles. The van der Waals surface area contributed by atoms with E-state index in [0.717, 1.165) is 6.07 Å². The van der Waals surface area contributed by atoms with Crippen LogP contribution in [-0.4, -0.2) is 21.6 Å².